The Morgan fingerprint density at radius 2 is 1.02 bits per heavy atom. The minimum atomic E-state index is -0.427. The van der Waals surface area contributed by atoms with Gasteiger partial charge in [-0.05, 0) is 60.7 Å². The average Bonchev–Trinajstić information content (AvgIpc) is 3.74. The molecule has 0 unspecified atom stereocenters. The van der Waals surface area contributed by atoms with Gasteiger partial charge in [0.1, 0.15) is 11.5 Å². The third kappa shape index (κ3) is 9.10. The molecule has 3 heterocycles. The average molecular weight is 653 g/mol. The van der Waals surface area contributed by atoms with Crippen LogP contribution < -0.4 is 9.47 Å². The van der Waals surface area contributed by atoms with Gasteiger partial charge >= 0.3 is 11.9 Å². The summed E-state index contributed by atoms with van der Waals surface area (Å²) in [5.41, 5.74) is 1.81. The maximum atomic E-state index is 11.1. The van der Waals surface area contributed by atoms with E-state index in [2.05, 4.69) is 49.0 Å². The van der Waals surface area contributed by atoms with Crippen LogP contribution in [0.1, 0.15) is 33.7 Å². The molecule has 2 aromatic carbocycles. The number of benzene rings is 2. The summed E-state index contributed by atoms with van der Waals surface area (Å²) < 4.78 is 26.3. The van der Waals surface area contributed by atoms with Gasteiger partial charge in [-0.1, -0.05) is 36.8 Å². The Morgan fingerprint density at radius 1 is 0.600 bits per heavy atom. The van der Waals surface area contributed by atoms with Gasteiger partial charge in [0.2, 0.25) is 0 Å². The van der Waals surface area contributed by atoms with Gasteiger partial charge in [-0.3, -0.25) is 0 Å². The molecule has 0 N–H and O–H groups in total. The van der Waals surface area contributed by atoms with Crippen molar-refractivity contribution >= 4 is 64.7 Å². The van der Waals surface area contributed by atoms with Crippen LogP contribution in [0.15, 0.2) is 86.0 Å². The van der Waals surface area contributed by atoms with E-state index in [1.165, 1.54) is 18.8 Å². The largest absolute Gasteiger partial charge is 0.493 e. The molecule has 0 aliphatic rings. The molecule has 226 valence electrons. The fourth-order valence-electron chi connectivity index (χ4n) is 3.96. The Balaban J connectivity index is 1.14. The molecule has 6 nitrogen and oxygen atoms in total. The summed E-state index contributed by atoms with van der Waals surface area (Å²) in [6, 6.07) is 19.6. The van der Waals surface area contributed by atoms with E-state index in [9.17, 15) is 9.59 Å². The number of hydrogen-bond donors (Lipinski definition) is 0. The summed E-state index contributed by atoms with van der Waals surface area (Å²) in [4.78, 5) is 24.2. The summed E-state index contributed by atoms with van der Waals surface area (Å²) >= 11 is 5.18. The van der Waals surface area contributed by atoms with E-state index >= 15 is 0 Å². The molecule has 45 heavy (non-hydrogen) atoms. The number of hydrogen-bond acceptors (Lipinski definition) is 9. The van der Waals surface area contributed by atoms with E-state index < -0.39 is 11.9 Å². The van der Waals surface area contributed by atoms with Crippen molar-refractivity contribution in [1.29, 1.82) is 0 Å². The second-order valence-corrected chi connectivity index (χ2v) is 12.6. The number of ether oxygens (including phenoxy) is 4. The van der Waals surface area contributed by atoms with E-state index in [0.717, 1.165) is 44.5 Å². The molecule has 3 aromatic heterocycles. The predicted molar refractivity (Wildman–Crippen MR) is 182 cm³/mol. The number of carbonyl (C=O) groups excluding carboxylic acids is 2. The summed E-state index contributed by atoms with van der Waals surface area (Å²) in [5.74, 6) is 13.7. The van der Waals surface area contributed by atoms with Crippen molar-refractivity contribution in [2.24, 2.45) is 0 Å². The van der Waals surface area contributed by atoms with Gasteiger partial charge in [-0.15, -0.1) is 34.0 Å². The Labute approximate surface area is 273 Å². The number of fused-ring (bicyclic) bond motifs is 3. The molecule has 0 saturated heterocycles. The third-order valence-corrected chi connectivity index (χ3v) is 9.74. The van der Waals surface area contributed by atoms with E-state index in [0.29, 0.717) is 39.3 Å². The first kappa shape index (κ1) is 31.6. The van der Waals surface area contributed by atoms with Crippen molar-refractivity contribution in [3.8, 4) is 35.2 Å². The van der Waals surface area contributed by atoms with Crippen LogP contribution in [0.5, 0.6) is 11.5 Å². The van der Waals surface area contributed by atoms with Gasteiger partial charge in [-0.25, -0.2) is 9.59 Å². The molecule has 0 spiro atoms. The Hall–Kier alpha value is -4.80. The van der Waals surface area contributed by atoms with Crippen LogP contribution in [0, 0.1) is 23.7 Å². The van der Waals surface area contributed by atoms with Gasteiger partial charge in [0.15, 0.2) is 0 Å². The van der Waals surface area contributed by atoms with Gasteiger partial charge in [0, 0.05) is 45.5 Å². The zero-order valence-electron chi connectivity index (χ0n) is 24.3. The summed E-state index contributed by atoms with van der Waals surface area (Å²) in [6.45, 7) is 8.24. The number of rotatable bonds is 12. The molecule has 5 rings (SSSR count). The molecule has 0 aliphatic heterocycles. The van der Waals surface area contributed by atoms with Crippen LogP contribution in [-0.2, 0) is 19.1 Å². The van der Waals surface area contributed by atoms with Gasteiger partial charge in [-0.2, -0.15) is 0 Å². The normalized spacial score (nSPS) is 10.3. The number of esters is 2. The maximum Gasteiger partial charge on any atom is 0.330 e. The lowest BCUT2D eigenvalue weighted by Crippen LogP contribution is -2.06. The van der Waals surface area contributed by atoms with E-state index in [4.69, 9.17) is 18.9 Å². The second-order valence-electron chi connectivity index (χ2n) is 9.41. The highest BCUT2D eigenvalue weighted by Gasteiger charge is 2.12. The van der Waals surface area contributed by atoms with E-state index in [-0.39, 0.29) is 0 Å². The first-order valence-corrected chi connectivity index (χ1v) is 16.5. The van der Waals surface area contributed by atoms with Gasteiger partial charge < -0.3 is 18.9 Å². The Kier molecular flexibility index (Phi) is 11.1. The zero-order valence-corrected chi connectivity index (χ0v) is 26.7. The van der Waals surface area contributed by atoms with Crippen LogP contribution >= 0.6 is 34.0 Å². The molecule has 5 aromatic rings. The number of thiophene rings is 3. The van der Waals surface area contributed by atoms with Crippen molar-refractivity contribution in [3.63, 3.8) is 0 Å². The van der Waals surface area contributed by atoms with Crippen molar-refractivity contribution in [2.75, 3.05) is 26.4 Å². The van der Waals surface area contributed by atoms with E-state index in [1.54, 1.807) is 34.0 Å². The van der Waals surface area contributed by atoms with Crippen LogP contribution in [0.3, 0.4) is 0 Å². The first-order chi connectivity index (χ1) is 22.0. The van der Waals surface area contributed by atoms with Crippen molar-refractivity contribution < 1.29 is 28.5 Å². The molecule has 0 atom stereocenters. The highest BCUT2D eigenvalue weighted by atomic mass is 32.1. The van der Waals surface area contributed by atoms with Crippen molar-refractivity contribution in [3.05, 3.63) is 107 Å². The van der Waals surface area contributed by atoms with Gasteiger partial charge in [0.05, 0.1) is 45.6 Å². The number of carbonyl (C=O) groups is 2. The molecular weight excluding hydrogens is 625 g/mol. The lowest BCUT2D eigenvalue weighted by Gasteiger charge is -2.06. The molecule has 0 amide bonds. The molecule has 0 radical (unpaired) electrons. The third-order valence-electron chi connectivity index (χ3n) is 6.13. The lowest BCUT2D eigenvalue weighted by atomic mass is 10.2. The predicted octanol–water partition coefficient (Wildman–Crippen LogP) is 7.97. The second kappa shape index (κ2) is 15.8. The van der Waals surface area contributed by atoms with E-state index in [1.807, 2.05) is 48.5 Å². The standard InChI is InChI=1S/C36H28O6S3/c1-3-33(37)41-21-5-19-39-27-13-7-25(8-14-27)11-17-29-23-31-35(43-29)36-32(45-31)24-30(44-36)18-12-26-9-15-28(16-10-26)40-20-6-22-42-34(38)4-2/h3-4,7-10,13-16,23-24H,1-2,5-6,19-22H2. The van der Waals surface area contributed by atoms with Crippen LogP contribution in [0.4, 0.5) is 0 Å². The summed E-state index contributed by atoms with van der Waals surface area (Å²) in [6.07, 6.45) is 3.50. The van der Waals surface area contributed by atoms with Gasteiger partial charge in [0.25, 0.3) is 0 Å². The monoisotopic (exact) mass is 652 g/mol. The quantitative estimate of drug-likeness (QED) is 0.0589. The lowest BCUT2D eigenvalue weighted by molar-refractivity contribution is -0.138. The minimum absolute atomic E-state index is 0.298. The SMILES string of the molecule is C=CC(=O)OCCCOc1ccc(C#Cc2cc3sc4cc(C#Cc5ccc(OCCCOC(=O)C=C)cc5)sc4c3s2)cc1. The Morgan fingerprint density at radius 3 is 1.42 bits per heavy atom. The van der Waals surface area contributed by atoms with Crippen LogP contribution in [0.2, 0.25) is 0 Å². The highest BCUT2D eigenvalue weighted by Crippen LogP contribution is 2.43. The summed E-state index contributed by atoms with van der Waals surface area (Å²) in [7, 11) is 0. The van der Waals surface area contributed by atoms with Crippen molar-refractivity contribution in [2.45, 2.75) is 12.8 Å². The zero-order chi connectivity index (χ0) is 31.4. The molecular formula is C36H28O6S3. The molecule has 9 heteroatoms. The maximum absolute atomic E-state index is 11.1. The smallest absolute Gasteiger partial charge is 0.330 e. The molecule has 0 fully saturated rings. The molecule has 0 bridgehead atoms. The fraction of sp³-hybridized carbons (Fsp3) is 0.167. The topological polar surface area (TPSA) is 71.1 Å². The Bertz CT molecular complexity index is 1800. The fourth-order valence-corrected chi connectivity index (χ4v) is 7.69. The highest BCUT2D eigenvalue weighted by molar-refractivity contribution is 7.38. The van der Waals surface area contributed by atoms with Crippen LogP contribution in [0.25, 0.3) is 18.8 Å². The minimum Gasteiger partial charge on any atom is -0.493 e. The van der Waals surface area contributed by atoms with Crippen molar-refractivity contribution in [1.82, 2.24) is 0 Å². The summed E-state index contributed by atoms with van der Waals surface area (Å²) in [5, 5.41) is 0. The first-order valence-electron chi connectivity index (χ1n) is 14.0. The molecule has 0 aliphatic carbocycles. The molecule has 0 saturated carbocycles. The van der Waals surface area contributed by atoms with Crippen LogP contribution in [-0.4, -0.2) is 38.4 Å².